The van der Waals surface area contributed by atoms with E-state index in [-0.39, 0.29) is 5.57 Å². The first-order valence-electron chi connectivity index (χ1n) is 5.21. The van der Waals surface area contributed by atoms with Gasteiger partial charge in [0.05, 0.1) is 11.5 Å². The lowest BCUT2D eigenvalue weighted by molar-refractivity contribution is -0.139. The molecule has 1 aromatic heterocycles. The van der Waals surface area contributed by atoms with Gasteiger partial charge < -0.3 is 10.2 Å². The molecule has 1 aromatic rings. The zero-order valence-corrected chi connectivity index (χ0v) is 9.22. The Morgan fingerprint density at radius 1 is 1.22 bits per heavy atom. The minimum atomic E-state index is -1.19. The monoisotopic (exact) mass is 246 g/mol. The second-order valence-corrected chi connectivity index (χ2v) is 3.78. The van der Waals surface area contributed by atoms with Crippen molar-refractivity contribution in [1.82, 2.24) is 4.98 Å². The molecule has 92 valence electrons. The lowest BCUT2D eigenvalue weighted by Crippen LogP contribution is -2.30. The molecule has 0 aromatic carbocycles. The van der Waals surface area contributed by atoms with E-state index in [9.17, 15) is 9.59 Å². The number of hydrogen-bond donors (Lipinski definition) is 2. The Bertz CT molecular complexity index is 536. The molecule has 2 heterocycles. The molecular formula is C12H10N2O4. The van der Waals surface area contributed by atoms with Crippen LogP contribution >= 0.6 is 0 Å². The van der Waals surface area contributed by atoms with Crippen molar-refractivity contribution in [2.45, 2.75) is 5.92 Å². The third-order valence-electron chi connectivity index (χ3n) is 2.69. The maximum atomic E-state index is 11.2. The normalized spacial score (nSPS) is 22.3. The first-order valence-corrected chi connectivity index (χ1v) is 5.21. The zero-order chi connectivity index (χ0) is 13.1. The van der Waals surface area contributed by atoms with Gasteiger partial charge in [-0.15, -0.1) is 0 Å². The fourth-order valence-corrected chi connectivity index (χ4v) is 1.87. The molecule has 2 N–H and O–H groups in total. The average molecular weight is 246 g/mol. The van der Waals surface area contributed by atoms with Crippen LogP contribution in [0.4, 0.5) is 0 Å². The van der Waals surface area contributed by atoms with Crippen molar-refractivity contribution in [2.24, 2.45) is 10.9 Å². The van der Waals surface area contributed by atoms with Crippen LogP contribution in [-0.2, 0) is 9.59 Å². The topological polar surface area (TPSA) is 99.8 Å². The smallest absolute Gasteiger partial charge is 0.333 e. The van der Waals surface area contributed by atoms with E-state index in [2.05, 4.69) is 9.98 Å². The predicted octanol–water partition coefficient (Wildman–Crippen LogP) is 0.919. The third-order valence-corrected chi connectivity index (χ3v) is 2.69. The van der Waals surface area contributed by atoms with Crippen LogP contribution in [0.1, 0.15) is 11.6 Å². The molecule has 0 bridgehead atoms. The third kappa shape index (κ3) is 2.13. The lowest BCUT2D eigenvalue weighted by atomic mass is 9.82. The second-order valence-electron chi connectivity index (χ2n) is 3.78. The first kappa shape index (κ1) is 12.0. The summed E-state index contributed by atoms with van der Waals surface area (Å²) < 4.78 is 0. The molecule has 1 aliphatic heterocycles. The Balaban J connectivity index is 2.49. The quantitative estimate of drug-likeness (QED) is 0.825. The van der Waals surface area contributed by atoms with Gasteiger partial charge in [0.1, 0.15) is 5.92 Å². The number of nitrogens with zero attached hydrogens (tertiary/aromatic N) is 2. The summed E-state index contributed by atoms with van der Waals surface area (Å²) in [6, 6.07) is 4.98. The molecule has 18 heavy (non-hydrogen) atoms. The number of pyridine rings is 1. The van der Waals surface area contributed by atoms with Gasteiger partial charge >= 0.3 is 11.9 Å². The molecule has 2 atom stereocenters. The summed E-state index contributed by atoms with van der Waals surface area (Å²) in [6.07, 6.45) is 3.90. The Hall–Kier alpha value is -2.50. The van der Waals surface area contributed by atoms with Crippen molar-refractivity contribution in [1.29, 1.82) is 0 Å². The van der Waals surface area contributed by atoms with Crippen LogP contribution in [-0.4, -0.2) is 33.4 Å². The predicted molar refractivity (Wildman–Crippen MR) is 62.3 cm³/mol. The van der Waals surface area contributed by atoms with Crippen molar-refractivity contribution in [2.75, 3.05) is 0 Å². The van der Waals surface area contributed by atoms with E-state index < -0.39 is 23.8 Å². The van der Waals surface area contributed by atoms with Crippen molar-refractivity contribution in [3.05, 3.63) is 41.9 Å². The van der Waals surface area contributed by atoms with Crippen molar-refractivity contribution >= 4 is 18.2 Å². The minimum absolute atomic E-state index is 0.0661. The summed E-state index contributed by atoms with van der Waals surface area (Å²) in [6.45, 7) is 0. The molecule has 0 aliphatic carbocycles. The average Bonchev–Trinajstić information content (AvgIpc) is 2.38. The number of hydrogen-bond acceptors (Lipinski definition) is 4. The molecule has 0 saturated carbocycles. The molecular weight excluding hydrogens is 236 g/mol. The van der Waals surface area contributed by atoms with Gasteiger partial charge in [0, 0.05) is 24.3 Å². The van der Waals surface area contributed by atoms with E-state index in [0.717, 1.165) is 0 Å². The van der Waals surface area contributed by atoms with Gasteiger partial charge in [0.15, 0.2) is 0 Å². The van der Waals surface area contributed by atoms with Gasteiger partial charge in [0.25, 0.3) is 0 Å². The van der Waals surface area contributed by atoms with Crippen LogP contribution in [0.3, 0.4) is 0 Å². The SMILES string of the molecule is O=C(O)C1=CN=CC(C(=O)O)C1c1ccccn1. The Morgan fingerprint density at radius 3 is 2.56 bits per heavy atom. The Morgan fingerprint density at radius 2 is 2.00 bits per heavy atom. The van der Waals surface area contributed by atoms with Gasteiger partial charge in [-0.3, -0.25) is 14.8 Å². The number of carboxylic acid groups (broad SMARTS) is 2. The number of carbonyl (C=O) groups is 2. The molecule has 2 rings (SSSR count). The summed E-state index contributed by atoms with van der Waals surface area (Å²) in [5.74, 6) is -4.15. The standard InChI is InChI=1S/C12H10N2O4/c15-11(16)7-5-13-6-8(12(17)18)10(7)9-3-1-2-4-14-9/h1-7,10H,(H,15,16)(H,17,18). The van der Waals surface area contributed by atoms with Crippen LogP contribution in [0.5, 0.6) is 0 Å². The fourth-order valence-electron chi connectivity index (χ4n) is 1.87. The molecule has 1 aliphatic rings. The maximum absolute atomic E-state index is 11.2. The lowest BCUT2D eigenvalue weighted by Gasteiger charge is -2.23. The molecule has 2 unspecified atom stereocenters. The molecule has 0 spiro atoms. The molecule has 6 heteroatoms. The molecule has 0 amide bonds. The number of aliphatic carboxylic acids is 2. The van der Waals surface area contributed by atoms with Crippen LogP contribution < -0.4 is 0 Å². The van der Waals surface area contributed by atoms with E-state index in [1.807, 2.05) is 0 Å². The van der Waals surface area contributed by atoms with Crippen LogP contribution in [0.15, 0.2) is 41.2 Å². The highest BCUT2D eigenvalue weighted by atomic mass is 16.4. The summed E-state index contributed by atoms with van der Waals surface area (Å²) >= 11 is 0. The number of aliphatic imine (C=N–C) groups is 1. The Kier molecular flexibility index (Phi) is 3.18. The van der Waals surface area contributed by atoms with E-state index in [4.69, 9.17) is 10.2 Å². The number of rotatable bonds is 3. The second kappa shape index (κ2) is 4.79. The Labute approximate surface area is 102 Å². The maximum Gasteiger partial charge on any atom is 0.333 e. The minimum Gasteiger partial charge on any atom is -0.481 e. The van der Waals surface area contributed by atoms with Crippen molar-refractivity contribution in [3.8, 4) is 0 Å². The molecule has 0 fully saturated rings. The van der Waals surface area contributed by atoms with Crippen LogP contribution in [0.25, 0.3) is 0 Å². The van der Waals surface area contributed by atoms with Gasteiger partial charge in [-0.25, -0.2) is 4.79 Å². The van der Waals surface area contributed by atoms with Gasteiger partial charge in [-0.2, -0.15) is 0 Å². The van der Waals surface area contributed by atoms with Crippen LogP contribution in [0.2, 0.25) is 0 Å². The van der Waals surface area contributed by atoms with Gasteiger partial charge in [-0.05, 0) is 12.1 Å². The largest absolute Gasteiger partial charge is 0.481 e. The van der Waals surface area contributed by atoms with Crippen molar-refractivity contribution in [3.63, 3.8) is 0 Å². The molecule has 6 nitrogen and oxygen atoms in total. The first-order chi connectivity index (χ1) is 8.61. The number of carboxylic acids is 2. The number of aromatic nitrogens is 1. The van der Waals surface area contributed by atoms with Crippen molar-refractivity contribution < 1.29 is 19.8 Å². The summed E-state index contributed by atoms with van der Waals surface area (Å²) in [5, 5.41) is 18.2. The van der Waals surface area contributed by atoms with E-state index >= 15 is 0 Å². The summed E-state index contributed by atoms with van der Waals surface area (Å²) in [4.78, 5) is 30.0. The zero-order valence-electron chi connectivity index (χ0n) is 9.22. The van der Waals surface area contributed by atoms with E-state index in [0.29, 0.717) is 5.69 Å². The highest BCUT2D eigenvalue weighted by molar-refractivity contribution is 5.97. The van der Waals surface area contributed by atoms with Gasteiger partial charge in [-0.1, -0.05) is 6.07 Å². The van der Waals surface area contributed by atoms with E-state index in [1.54, 1.807) is 18.2 Å². The highest BCUT2D eigenvalue weighted by Crippen LogP contribution is 2.32. The van der Waals surface area contributed by atoms with E-state index in [1.165, 1.54) is 18.6 Å². The molecule has 0 radical (unpaired) electrons. The molecule has 0 saturated heterocycles. The highest BCUT2D eigenvalue weighted by Gasteiger charge is 2.36. The summed E-state index contributed by atoms with van der Waals surface area (Å²) in [7, 11) is 0. The fraction of sp³-hybridized carbons (Fsp3) is 0.167. The van der Waals surface area contributed by atoms with Crippen LogP contribution in [0, 0.1) is 5.92 Å². The summed E-state index contributed by atoms with van der Waals surface area (Å²) in [5.41, 5.74) is 0.341. The van der Waals surface area contributed by atoms with Gasteiger partial charge in [0.2, 0.25) is 0 Å².